The number of nitrogens with two attached hydrogens (primary N) is 1. The molecule has 0 unspecified atom stereocenters. The third-order valence-corrected chi connectivity index (χ3v) is 4.27. The van der Waals surface area contributed by atoms with Crippen molar-refractivity contribution in [2.45, 2.75) is 12.3 Å². The molecule has 1 heterocycles. The Bertz CT molecular complexity index is 656. The summed E-state index contributed by atoms with van der Waals surface area (Å²) in [6.45, 7) is 1.04. The van der Waals surface area contributed by atoms with E-state index in [-0.39, 0.29) is 11.8 Å². The summed E-state index contributed by atoms with van der Waals surface area (Å²) in [5.74, 6) is 0.795. The van der Waals surface area contributed by atoms with Gasteiger partial charge in [0.2, 0.25) is 5.91 Å². The molecule has 4 heteroatoms. The molecular formula is C16H17ClN2O. The summed E-state index contributed by atoms with van der Waals surface area (Å²) >= 11 is 6.12. The average Bonchev–Trinajstić information content (AvgIpc) is 2.86. The SMILES string of the molecule is NCCC(=O)N1C[C@@H](CCl)c2c1ccc1ccccc21. The van der Waals surface area contributed by atoms with Crippen LogP contribution in [0.3, 0.4) is 0 Å². The molecule has 2 N–H and O–H groups in total. The molecule has 0 aliphatic carbocycles. The summed E-state index contributed by atoms with van der Waals surface area (Å²) in [6.07, 6.45) is 0.376. The lowest BCUT2D eigenvalue weighted by Gasteiger charge is -2.17. The van der Waals surface area contributed by atoms with Crippen molar-refractivity contribution >= 4 is 34.0 Å². The Morgan fingerprint density at radius 3 is 2.85 bits per heavy atom. The maximum Gasteiger partial charge on any atom is 0.228 e. The Labute approximate surface area is 123 Å². The molecule has 1 aliphatic heterocycles. The van der Waals surface area contributed by atoms with Crippen LogP contribution in [0.4, 0.5) is 5.69 Å². The fraction of sp³-hybridized carbons (Fsp3) is 0.312. The van der Waals surface area contributed by atoms with Gasteiger partial charge in [-0.3, -0.25) is 4.79 Å². The topological polar surface area (TPSA) is 46.3 Å². The van der Waals surface area contributed by atoms with E-state index in [0.29, 0.717) is 25.4 Å². The zero-order valence-electron chi connectivity index (χ0n) is 11.2. The van der Waals surface area contributed by atoms with Crippen LogP contribution in [-0.2, 0) is 4.79 Å². The number of fused-ring (bicyclic) bond motifs is 3. The first-order valence-corrected chi connectivity index (χ1v) is 7.37. The van der Waals surface area contributed by atoms with Gasteiger partial charge in [0.25, 0.3) is 0 Å². The van der Waals surface area contributed by atoms with Crippen LogP contribution in [0, 0.1) is 0 Å². The largest absolute Gasteiger partial charge is 0.330 e. The van der Waals surface area contributed by atoms with Crippen LogP contribution >= 0.6 is 11.6 Å². The van der Waals surface area contributed by atoms with Gasteiger partial charge in [0.05, 0.1) is 0 Å². The molecule has 1 amide bonds. The minimum absolute atomic E-state index is 0.0802. The van der Waals surface area contributed by atoms with Crippen molar-refractivity contribution in [1.82, 2.24) is 0 Å². The van der Waals surface area contributed by atoms with E-state index in [2.05, 4.69) is 18.2 Å². The monoisotopic (exact) mass is 288 g/mol. The molecule has 0 saturated heterocycles. The van der Waals surface area contributed by atoms with Crippen LogP contribution in [0.5, 0.6) is 0 Å². The minimum Gasteiger partial charge on any atom is -0.330 e. The van der Waals surface area contributed by atoms with E-state index < -0.39 is 0 Å². The predicted molar refractivity (Wildman–Crippen MR) is 83.4 cm³/mol. The van der Waals surface area contributed by atoms with Gasteiger partial charge in [-0.05, 0) is 22.4 Å². The van der Waals surface area contributed by atoms with Gasteiger partial charge in [-0.15, -0.1) is 11.6 Å². The lowest BCUT2D eigenvalue weighted by molar-refractivity contribution is -0.118. The van der Waals surface area contributed by atoms with E-state index in [1.165, 1.54) is 16.3 Å². The van der Waals surface area contributed by atoms with E-state index >= 15 is 0 Å². The van der Waals surface area contributed by atoms with Gasteiger partial charge in [-0.1, -0.05) is 30.3 Å². The van der Waals surface area contributed by atoms with Crippen molar-refractivity contribution in [2.75, 3.05) is 23.9 Å². The van der Waals surface area contributed by atoms with Crippen LogP contribution in [0.15, 0.2) is 36.4 Å². The molecule has 3 rings (SSSR count). The second-order valence-electron chi connectivity index (χ2n) is 5.11. The second-order valence-corrected chi connectivity index (χ2v) is 5.42. The van der Waals surface area contributed by atoms with Gasteiger partial charge in [-0.2, -0.15) is 0 Å². The molecule has 0 radical (unpaired) electrons. The molecule has 20 heavy (non-hydrogen) atoms. The first-order chi connectivity index (χ1) is 9.76. The van der Waals surface area contributed by atoms with E-state index in [9.17, 15) is 4.79 Å². The number of amides is 1. The zero-order chi connectivity index (χ0) is 14.1. The highest BCUT2D eigenvalue weighted by atomic mass is 35.5. The van der Waals surface area contributed by atoms with Crippen molar-refractivity contribution < 1.29 is 4.79 Å². The van der Waals surface area contributed by atoms with Crippen molar-refractivity contribution in [3.8, 4) is 0 Å². The third kappa shape index (κ3) is 2.07. The minimum atomic E-state index is 0.0802. The Morgan fingerprint density at radius 2 is 2.10 bits per heavy atom. The first-order valence-electron chi connectivity index (χ1n) is 6.84. The van der Waals surface area contributed by atoms with Crippen LogP contribution in [0.1, 0.15) is 17.9 Å². The van der Waals surface area contributed by atoms with Crippen LogP contribution in [0.25, 0.3) is 10.8 Å². The van der Waals surface area contributed by atoms with Gasteiger partial charge in [0.15, 0.2) is 0 Å². The maximum atomic E-state index is 12.2. The molecular weight excluding hydrogens is 272 g/mol. The number of nitrogens with zero attached hydrogens (tertiary/aromatic N) is 1. The van der Waals surface area contributed by atoms with Crippen LogP contribution < -0.4 is 10.6 Å². The summed E-state index contributed by atoms with van der Waals surface area (Å²) in [7, 11) is 0. The Balaban J connectivity index is 2.14. The van der Waals surface area contributed by atoms with Crippen LogP contribution in [0.2, 0.25) is 0 Å². The van der Waals surface area contributed by atoms with E-state index in [1.807, 2.05) is 23.1 Å². The number of alkyl halides is 1. The number of halogens is 1. The van der Waals surface area contributed by atoms with Crippen molar-refractivity contribution in [3.05, 3.63) is 42.0 Å². The summed E-state index contributed by atoms with van der Waals surface area (Å²) < 4.78 is 0. The van der Waals surface area contributed by atoms with Crippen molar-refractivity contribution in [2.24, 2.45) is 5.73 Å². The Kier molecular flexibility index (Phi) is 3.64. The van der Waals surface area contributed by atoms with Crippen molar-refractivity contribution in [3.63, 3.8) is 0 Å². The molecule has 2 aromatic rings. The molecule has 104 valence electrons. The summed E-state index contributed by atoms with van der Waals surface area (Å²) in [5, 5.41) is 2.38. The normalized spacial score (nSPS) is 17.5. The van der Waals surface area contributed by atoms with Crippen LogP contribution in [-0.4, -0.2) is 24.9 Å². The fourth-order valence-electron chi connectivity index (χ4n) is 2.98. The quantitative estimate of drug-likeness (QED) is 0.883. The van der Waals surface area contributed by atoms with E-state index in [0.717, 1.165) is 5.69 Å². The van der Waals surface area contributed by atoms with Gasteiger partial charge in [-0.25, -0.2) is 0 Å². The molecule has 0 saturated carbocycles. The van der Waals surface area contributed by atoms with Gasteiger partial charge in [0.1, 0.15) is 0 Å². The Morgan fingerprint density at radius 1 is 1.30 bits per heavy atom. The van der Waals surface area contributed by atoms with Gasteiger partial charge >= 0.3 is 0 Å². The van der Waals surface area contributed by atoms with Gasteiger partial charge in [0, 0.05) is 37.0 Å². The Hall–Kier alpha value is -1.58. The molecule has 1 atom stereocenters. The number of carbonyl (C=O) groups excluding carboxylic acids is 1. The number of rotatable bonds is 3. The molecule has 0 aromatic heterocycles. The average molecular weight is 289 g/mol. The predicted octanol–water partition coefficient (Wildman–Crippen LogP) is 2.86. The smallest absolute Gasteiger partial charge is 0.228 e. The highest BCUT2D eigenvalue weighted by Gasteiger charge is 2.32. The summed E-state index contributed by atoms with van der Waals surface area (Å²) in [6, 6.07) is 12.3. The lowest BCUT2D eigenvalue weighted by Crippen LogP contribution is -2.31. The molecule has 2 aromatic carbocycles. The number of anilines is 1. The molecule has 0 bridgehead atoms. The second kappa shape index (κ2) is 5.43. The molecule has 0 fully saturated rings. The summed E-state index contributed by atoms with van der Waals surface area (Å²) in [5.41, 5.74) is 7.69. The zero-order valence-corrected chi connectivity index (χ0v) is 11.9. The maximum absolute atomic E-state index is 12.2. The molecule has 0 spiro atoms. The standard InChI is InChI=1S/C16H17ClN2O/c17-9-12-10-19(15(20)7-8-18)14-6-5-11-3-1-2-4-13(11)16(12)14/h1-6,12H,7-10,18H2/t12-/m1/s1. The number of hydrogen-bond acceptors (Lipinski definition) is 2. The van der Waals surface area contributed by atoms with E-state index in [4.69, 9.17) is 17.3 Å². The van der Waals surface area contributed by atoms with Crippen molar-refractivity contribution in [1.29, 1.82) is 0 Å². The lowest BCUT2D eigenvalue weighted by atomic mass is 9.96. The fourth-order valence-corrected chi connectivity index (χ4v) is 3.23. The highest BCUT2D eigenvalue weighted by molar-refractivity contribution is 6.19. The number of hydrogen-bond donors (Lipinski definition) is 1. The summed E-state index contributed by atoms with van der Waals surface area (Å²) in [4.78, 5) is 14.0. The molecule has 1 aliphatic rings. The number of benzene rings is 2. The first kappa shape index (κ1) is 13.4. The number of carbonyl (C=O) groups is 1. The van der Waals surface area contributed by atoms with Gasteiger partial charge < -0.3 is 10.6 Å². The molecule has 3 nitrogen and oxygen atoms in total. The highest BCUT2D eigenvalue weighted by Crippen LogP contribution is 2.41. The van der Waals surface area contributed by atoms with E-state index in [1.54, 1.807) is 0 Å². The third-order valence-electron chi connectivity index (χ3n) is 3.90.